The van der Waals surface area contributed by atoms with Crippen LogP contribution >= 0.6 is 11.6 Å². The lowest BCUT2D eigenvalue weighted by atomic mass is 9.88. The van der Waals surface area contributed by atoms with Crippen molar-refractivity contribution in [1.82, 2.24) is 5.32 Å². The average molecular weight is 396 g/mol. The van der Waals surface area contributed by atoms with Gasteiger partial charge < -0.3 is 9.47 Å². The van der Waals surface area contributed by atoms with Crippen molar-refractivity contribution in [3.63, 3.8) is 0 Å². The number of hydrogen-bond donors (Lipinski definition) is 1. The van der Waals surface area contributed by atoms with E-state index in [2.05, 4.69) is 10.1 Å². The molecule has 2 aromatic carbocycles. The van der Waals surface area contributed by atoms with Gasteiger partial charge in [0.15, 0.2) is 0 Å². The second-order valence-electron chi connectivity index (χ2n) is 5.95. The maximum Gasteiger partial charge on any atom is 0.387 e. The molecular formula is C19H16ClF2NO4. The molecule has 0 aliphatic carbocycles. The molecule has 1 aliphatic heterocycles. The van der Waals surface area contributed by atoms with Crippen molar-refractivity contribution in [3.8, 4) is 22.6 Å². The van der Waals surface area contributed by atoms with Crippen LogP contribution in [0, 0.1) is 0 Å². The topological polar surface area (TPSA) is 64.6 Å². The van der Waals surface area contributed by atoms with Gasteiger partial charge in [0, 0.05) is 23.6 Å². The van der Waals surface area contributed by atoms with Crippen molar-refractivity contribution in [2.75, 3.05) is 7.11 Å². The predicted molar refractivity (Wildman–Crippen MR) is 95.2 cm³/mol. The molecule has 0 spiro atoms. The summed E-state index contributed by atoms with van der Waals surface area (Å²) in [6, 6.07) is 9.50. The molecule has 1 saturated heterocycles. The molecule has 2 aromatic rings. The highest BCUT2D eigenvalue weighted by molar-refractivity contribution is 6.34. The van der Waals surface area contributed by atoms with Crippen molar-refractivity contribution in [3.05, 3.63) is 47.0 Å². The fourth-order valence-electron chi connectivity index (χ4n) is 3.09. The van der Waals surface area contributed by atoms with E-state index in [1.165, 1.54) is 19.2 Å². The number of nitrogens with one attached hydrogen (secondary N) is 1. The largest absolute Gasteiger partial charge is 0.496 e. The number of piperidine rings is 1. The maximum absolute atomic E-state index is 12.4. The van der Waals surface area contributed by atoms with Gasteiger partial charge in [0.25, 0.3) is 0 Å². The quantitative estimate of drug-likeness (QED) is 0.773. The minimum atomic E-state index is -2.94. The highest BCUT2D eigenvalue weighted by Crippen LogP contribution is 2.41. The summed E-state index contributed by atoms with van der Waals surface area (Å²) in [5, 5.41) is 2.65. The number of ether oxygens (including phenoxy) is 2. The Kier molecular flexibility index (Phi) is 5.60. The van der Waals surface area contributed by atoms with E-state index in [4.69, 9.17) is 16.3 Å². The minimum Gasteiger partial charge on any atom is -0.496 e. The zero-order valence-corrected chi connectivity index (χ0v) is 15.1. The Hall–Kier alpha value is -2.67. The summed E-state index contributed by atoms with van der Waals surface area (Å²) in [6.45, 7) is -2.94. The molecule has 0 radical (unpaired) electrons. The molecule has 27 heavy (non-hydrogen) atoms. The summed E-state index contributed by atoms with van der Waals surface area (Å²) in [5.41, 5.74) is 1.74. The van der Waals surface area contributed by atoms with Crippen molar-refractivity contribution in [2.45, 2.75) is 25.4 Å². The normalized spacial score (nSPS) is 17.0. The SMILES string of the molecule is COc1cc(OC(F)F)ccc1-c1cccc(C2CCC(=O)NC2=O)c1Cl. The number of halogens is 3. The van der Waals surface area contributed by atoms with E-state index < -0.39 is 18.4 Å². The fourth-order valence-corrected chi connectivity index (χ4v) is 3.45. The first-order valence-corrected chi connectivity index (χ1v) is 8.54. The number of rotatable bonds is 5. The fraction of sp³-hybridized carbons (Fsp3) is 0.263. The Balaban J connectivity index is 2.01. The lowest BCUT2D eigenvalue weighted by Crippen LogP contribution is -2.39. The van der Waals surface area contributed by atoms with E-state index in [9.17, 15) is 18.4 Å². The van der Waals surface area contributed by atoms with E-state index >= 15 is 0 Å². The molecule has 1 fully saturated rings. The number of amides is 2. The molecule has 1 heterocycles. The van der Waals surface area contributed by atoms with E-state index in [1.807, 2.05) is 0 Å². The molecule has 1 N–H and O–H groups in total. The number of carbonyl (C=O) groups excluding carboxylic acids is 2. The van der Waals surface area contributed by atoms with Gasteiger partial charge in [-0.05, 0) is 24.1 Å². The van der Waals surface area contributed by atoms with Gasteiger partial charge in [-0.25, -0.2) is 0 Å². The lowest BCUT2D eigenvalue weighted by Gasteiger charge is -2.23. The van der Waals surface area contributed by atoms with Crippen LogP contribution < -0.4 is 14.8 Å². The highest BCUT2D eigenvalue weighted by Gasteiger charge is 2.30. The number of methoxy groups -OCH3 is 1. The Morgan fingerprint density at radius 2 is 1.96 bits per heavy atom. The maximum atomic E-state index is 12.4. The molecule has 5 nitrogen and oxygen atoms in total. The van der Waals surface area contributed by atoms with E-state index in [0.29, 0.717) is 33.9 Å². The van der Waals surface area contributed by atoms with Gasteiger partial charge in [0.2, 0.25) is 11.8 Å². The van der Waals surface area contributed by atoms with E-state index in [0.717, 1.165) is 0 Å². The molecule has 142 valence electrons. The first kappa shape index (κ1) is 19.1. The third-order valence-corrected chi connectivity index (χ3v) is 4.75. The van der Waals surface area contributed by atoms with Gasteiger partial charge in [0.1, 0.15) is 11.5 Å². The summed E-state index contributed by atoms with van der Waals surface area (Å²) in [5.74, 6) is -0.973. The molecule has 0 bridgehead atoms. The smallest absolute Gasteiger partial charge is 0.387 e. The van der Waals surface area contributed by atoms with Crippen LogP contribution in [-0.4, -0.2) is 25.5 Å². The monoisotopic (exact) mass is 395 g/mol. The third kappa shape index (κ3) is 4.03. The van der Waals surface area contributed by atoms with Crippen LogP contribution in [0.2, 0.25) is 5.02 Å². The van der Waals surface area contributed by atoms with Gasteiger partial charge >= 0.3 is 6.61 Å². The molecule has 0 aromatic heterocycles. The van der Waals surface area contributed by atoms with Crippen molar-refractivity contribution >= 4 is 23.4 Å². The Morgan fingerprint density at radius 1 is 1.19 bits per heavy atom. The van der Waals surface area contributed by atoms with Crippen molar-refractivity contribution in [1.29, 1.82) is 0 Å². The van der Waals surface area contributed by atoms with Crippen LogP contribution in [0.1, 0.15) is 24.3 Å². The van der Waals surface area contributed by atoms with Gasteiger partial charge in [0.05, 0.1) is 18.1 Å². The zero-order valence-electron chi connectivity index (χ0n) is 14.3. The molecule has 0 saturated carbocycles. The lowest BCUT2D eigenvalue weighted by molar-refractivity contribution is -0.134. The average Bonchev–Trinajstić information content (AvgIpc) is 2.62. The number of carbonyl (C=O) groups is 2. The molecule has 2 amide bonds. The third-order valence-electron chi connectivity index (χ3n) is 4.33. The predicted octanol–water partition coefficient (Wildman–Crippen LogP) is 4.14. The Labute approximate surface area is 159 Å². The zero-order chi connectivity index (χ0) is 19.6. The van der Waals surface area contributed by atoms with Crippen molar-refractivity contribution < 1.29 is 27.8 Å². The molecule has 1 unspecified atom stereocenters. The van der Waals surface area contributed by atoms with Crippen LogP contribution in [0.15, 0.2) is 36.4 Å². The second kappa shape index (κ2) is 7.92. The first-order chi connectivity index (χ1) is 12.9. The van der Waals surface area contributed by atoms with Gasteiger partial charge in [-0.3, -0.25) is 14.9 Å². The van der Waals surface area contributed by atoms with E-state index in [-0.39, 0.29) is 18.1 Å². The minimum absolute atomic E-state index is 0.0388. The number of imide groups is 1. The van der Waals surface area contributed by atoms with Gasteiger partial charge in [-0.15, -0.1) is 0 Å². The Morgan fingerprint density at radius 3 is 2.63 bits per heavy atom. The summed E-state index contributed by atoms with van der Waals surface area (Å²) in [7, 11) is 1.41. The summed E-state index contributed by atoms with van der Waals surface area (Å²) in [6.07, 6.45) is 0.603. The molecule has 1 atom stereocenters. The first-order valence-electron chi connectivity index (χ1n) is 8.16. The standard InChI is InChI=1S/C19H16ClF2NO4/c1-26-15-9-10(27-19(21)22)5-6-11(15)12-3-2-4-13(17(12)20)14-7-8-16(24)23-18(14)25/h2-6,9,14,19H,7-8H2,1H3,(H,23,24,25). The summed E-state index contributed by atoms with van der Waals surface area (Å²) >= 11 is 6.56. The van der Waals surface area contributed by atoms with Crippen LogP contribution in [0.3, 0.4) is 0 Å². The van der Waals surface area contributed by atoms with Crippen LogP contribution in [0.25, 0.3) is 11.1 Å². The Bertz CT molecular complexity index is 888. The molecule has 1 aliphatic rings. The highest BCUT2D eigenvalue weighted by atomic mass is 35.5. The molecular weight excluding hydrogens is 380 g/mol. The van der Waals surface area contributed by atoms with Crippen LogP contribution in [0.5, 0.6) is 11.5 Å². The van der Waals surface area contributed by atoms with Crippen molar-refractivity contribution in [2.24, 2.45) is 0 Å². The summed E-state index contributed by atoms with van der Waals surface area (Å²) < 4.78 is 34.5. The number of alkyl halides is 2. The second-order valence-corrected chi connectivity index (χ2v) is 6.33. The van der Waals surface area contributed by atoms with Crippen LogP contribution in [0.4, 0.5) is 8.78 Å². The van der Waals surface area contributed by atoms with Gasteiger partial charge in [-0.1, -0.05) is 29.8 Å². The van der Waals surface area contributed by atoms with Crippen LogP contribution in [-0.2, 0) is 9.59 Å². The van der Waals surface area contributed by atoms with Gasteiger partial charge in [-0.2, -0.15) is 8.78 Å². The molecule has 8 heteroatoms. The van der Waals surface area contributed by atoms with E-state index in [1.54, 1.807) is 24.3 Å². The number of hydrogen-bond acceptors (Lipinski definition) is 4. The summed E-state index contributed by atoms with van der Waals surface area (Å²) in [4.78, 5) is 23.5. The molecule has 3 rings (SSSR count). The number of benzene rings is 2.